The van der Waals surface area contributed by atoms with Crippen molar-refractivity contribution in [3.05, 3.63) is 29.9 Å². The molecule has 0 saturated heterocycles. The second-order valence-electron chi connectivity index (χ2n) is 7.79. The fraction of sp³-hybridized carbons (Fsp3) is 0.579. The molecule has 0 aliphatic heterocycles. The molecule has 3 fully saturated rings. The standard InChI is InChI=1S/C19H23N3O3/c1-18-6-3-7-19(10-8-18,11-9-18)17-21-15(22-25-17)13-4-5-14(20-12-13)16(23)24-2/h4-5,12H,3,6-11H2,1-2H3. The Balaban J connectivity index is 1.59. The molecule has 5 rings (SSSR count). The number of rotatable bonds is 3. The molecule has 6 nitrogen and oxygen atoms in total. The molecular weight excluding hydrogens is 318 g/mol. The van der Waals surface area contributed by atoms with E-state index in [4.69, 9.17) is 9.51 Å². The van der Waals surface area contributed by atoms with Crippen molar-refractivity contribution in [3.63, 3.8) is 0 Å². The first-order valence-electron chi connectivity index (χ1n) is 8.93. The van der Waals surface area contributed by atoms with Crippen LogP contribution in [-0.4, -0.2) is 28.2 Å². The Morgan fingerprint density at radius 3 is 2.64 bits per heavy atom. The molecule has 3 aliphatic rings. The third-order valence-electron chi connectivity index (χ3n) is 6.15. The Morgan fingerprint density at radius 1 is 1.16 bits per heavy atom. The maximum atomic E-state index is 11.5. The number of methoxy groups -OCH3 is 1. The van der Waals surface area contributed by atoms with Gasteiger partial charge in [0.25, 0.3) is 0 Å². The summed E-state index contributed by atoms with van der Waals surface area (Å²) in [6.07, 6.45) is 9.97. The summed E-state index contributed by atoms with van der Waals surface area (Å²) in [5, 5.41) is 4.17. The van der Waals surface area contributed by atoms with Crippen LogP contribution < -0.4 is 0 Å². The van der Waals surface area contributed by atoms with E-state index in [-0.39, 0.29) is 11.1 Å². The summed E-state index contributed by atoms with van der Waals surface area (Å²) in [6, 6.07) is 3.39. The highest BCUT2D eigenvalue weighted by atomic mass is 16.5. The highest BCUT2D eigenvalue weighted by Crippen LogP contribution is 2.54. The second kappa shape index (κ2) is 5.93. The first kappa shape index (κ1) is 16.2. The number of pyridine rings is 1. The number of aromatic nitrogens is 3. The first-order chi connectivity index (χ1) is 12.0. The van der Waals surface area contributed by atoms with Crippen LogP contribution in [-0.2, 0) is 10.2 Å². The van der Waals surface area contributed by atoms with Crippen LogP contribution in [0, 0.1) is 5.41 Å². The van der Waals surface area contributed by atoms with Gasteiger partial charge in [0.15, 0.2) is 0 Å². The van der Waals surface area contributed by atoms with Crippen LogP contribution in [0.3, 0.4) is 0 Å². The van der Waals surface area contributed by atoms with Gasteiger partial charge in [-0.2, -0.15) is 4.98 Å². The molecule has 132 valence electrons. The Morgan fingerprint density at radius 2 is 1.96 bits per heavy atom. The van der Waals surface area contributed by atoms with Crippen LogP contribution in [0.1, 0.15) is 68.2 Å². The van der Waals surface area contributed by atoms with Crippen molar-refractivity contribution < 1.29 is 14.1 Å². The molecular formula is C19H23N3O3. The largest absolute Gasteiger partial charge is 0.464 e. The molecule has 0 unspecified atom stereocenters. The number of nitrogens with zero attached hydrogens (tertiary/aromatic N) is 3. The zero-order valence-corrected chi connectivity index (χ0v) is 14.7. The smallest absolute Gasteiger partial charge is 0.356 e. The predicted molar refractivity (Wildman–Crippen MR) is 91.0 cm³/mol. The van der Waals surface area contributed by atoms with E-state index in [1.165, 1.54) is 32.8 Å². The van der Waals surface area contributed by atoms with E-state index in [1.54, 1.807) is 18.3 Å². The van der Waals surface area contributed by atoms with E-state index in [0.717, 1.165) is 30.7 Å². The average molecular weight is 341 g/mol. The summed E-state index contributed by atoms with van der Waals surface area (Å²) in [5.41, 5.74) is 1.55. The van der Waals surface area contributed by atoms with Gasteiger partial charge < -0.3 is 9.26 Å². The molecule has 6 heteroatoms. The SMILES string of the molecule is COC(=O)c1ccc(-c2noc(C34CCCC(C)(CC3)CC4)n2)cn1. The van der Waals surface area contributed by atoms with E-state index in [2.05, 4.69) is 21.8 Å². The van der Waals surface area contributed by atoms with Crippen LogP contribution in [0.5, 0.6) is 0 Å². The van der Waals surface area contributed by atoms with Gasteiger partial charge in [-0.3, -0.25) is 0 Å². The fourth-order valence-electron chi connectivity index (χ4n) is 4.31. The number of ether oxygens (including phenoxy) is 1. The molecule has 25 heavy (non-hydrogen) atoms. The van der Waals surface area contributed by atoms with Crippen molar-refractivity contribution in [3.8, 4) is 11.4 Å². The van der Waals surface area contributed by atoms with E-state index in [1.807, 2.05) is 0 Å². The van der Waals surface area contributed by atoms with Gasteiger partial charge in [-0.25, -0.2) is 9.78 Å². The molecule has 0 radical (unpaired) electrons. The van der Waals surface area contributed by atoms with Crippen molar-refractivity contribution in [1.82, 2.24) is 15.1 Å². The number of carbonyl (C=O) groups is 1. The molecule has 3 aliphatic carbocycles. The van der Waals surface area contributed by atoms with E-state index in [9.17, 15) is 4.79 Å². The van der Waals surface area contributed by atoms with Gasteiger partial charge in [0.1, 0.15) is 5.69 Å². The summed E-state index contributed by atoms with van der Waals surface area (Å²) in [6.45, 7) is 2.41. The third-order valence-corrected chi connectivity index (χ3v) is 6.15. The number of hydrogen-bond donors (Lipinski definition) is 0. The molecule has 2 aromatic heterocycles. The zero-order valence-electron chi connectivity index (χ0n) is 14.7. The van der Waals surface area contributed by atoms with E-state index < -0.39 is 5.97 Å². The lowest BCUT2D eigenvalue weighted by molar-refractivity contribution is 0.0594. The predicted octanol–water partition coefficient (Wildman–Crippen LogP) is 3.92. The summed E-state index contributed by atoms with van der Waals surface area (Å²) < 4.78 is 10.4. The van der Waals surface area contributed by atoms with Gasteiger partial charge in [-0.15, -0.1) is 0 Å². The molecule has 0 N–H and O–H groups in total. The molecule has 0 aromatic carbocycles. The van der Waals surface area contributed by atoms with Crippen molar-refractivity contribution in [2.45, 2.75) is 57.3 Å². The second-order valence-corrected chi connectivity index (χ2v) is 7.79. The van der Waals surface area contributed by atoms with E-state index in [0.29, 0.717) is 11.2 Å². The number of hydrogen-bond acceptors (Lipinski definition) is 6. The van der Waals surface area contributed by atoms with Crippen LogP contribution >= 0.6 is 0 Å². The molecule has 2 heterocycles. The Labute approximate surface area is 147 Å². The molecule has 2 bridgehead atoms. The molecule has 0 spiro atoms. The lowest BCUT2D eigenvalue weighted by atomic mass is 9.66. The van der Waals surface area contributed by atoms with Crippen molar-refractivity contribution in [1.29, 1.82) is 0 Å². The maximum Gasteiger partial charge on any atom is 0.356 e. The van der Waals surface area contributed by atoms with Crippen molar-refractivity contribution in [2.75, 3.05) is 7.11 Å². The monoisotopic (exact) mass is 341 g/mol. The summed E-state index contributed by atoms with van der Waals surface area (Å²) in [7, 11) is 1.34. The minimum atomic E-state index is -0.456. The Kier molecular flexibility index (Phi) is 3.85. The van der Waals surface area contributed by atoms with Crippen LogP contribution in [0.2, 0.25) is 0 Å². The van der Waals surface area contributed by atoms with E-state index >= 15 is 0 Å². The van der Waals surface area contributed by atoms with Gasteiger partial charge in [-0.1, -0.05) is 18.5 Å². The van der Waals surface area contributed by atoms with Crippen LogP contribution in [0.15, 0.2) is 22.9 Å². The lowest BCUT2D eigenvalue weighted by Gasteiger charge is -2.38. The lowest BCUT2D eigenvalue weighted by Crippen LogP contribution is -2.32. The third kappa shape index (κ3) is 2.83. The van der Waals surface area contributed by atoms with Crippen molar-refractivity contribution >= 4 is 5.97 Å². The minimum absolute atomic E-state index is 0.0423. The summed E-state index contributed by atoms with van der Waals surface area (Å²) >= 11 is 0. The Hall–Kier alpha value is -2.24. The van der Waals surface area contributed by atoms with Gasteiger partial charge in [0.2, 0.25) is 11.7 Å². The quantitative estimate of drug-likeness (QED) is 0.787. The summed E-state index contributed by atoms with van der Waals surface area (Å²) in [5.74, 6) is 0.845. The molecule has 0 atom stereocenters. The van der Waals surface area contributed by atoms with Gasteiger partial charge >= 0.3 is 5.97 Å². The minimum Gasteiger partial charge on any atom is -0.464 e. The number of esters is 1. The van der Waals surface area contributed by atoms with Crippen LogP contribution in [0.4, 0.5) is 0 Å². The highest BCUT2D eigenvalue weighted by molar-refractivity contribution is 5.87. The fourth-order valence-corrected chi connectivity index (χ4v) is 4.31. The van der Waals surface area contributed by atoms with Crippen LogP contribution in [0.25, 0.3) is 11.4 Å². The highest BCUT2D eigenvalue weighted by Gasteiger charge is 2.47. The normalized spacial score (nSPS) is 28.6. The molecule has 0 amide bonds. The van der Waals surface area contributed by atoms with Gasteiger partial charge in [0, 0.05) is 17.2 Å². The molecule has 3 saturated carbocycles. The average Bonchev–Trinajstić information content (AvgIpc) is 3.01. The van der Waals surface area contributed by atoms with Crippen molar-refractivity contribution in [2.24, 2.45) is 5.41 Å². The number of fused-ring (bicyclic) bond motifs is 4. The van der Waals surface area contributed by atoms with Gasteiger partial charge in [-0.05, 0) is 56.1 Å². The number of carbonyl (C=O) groups excluding carboxylic acids is 1. The first-order valence-corrected chi connectivity index (χ1v) is 8.93. The summed E-state index contributed by atoms with van der Waals surface area (Å²) in [4.78, 5) is 20.3. The zero-order chi connectivity index (χ0) is 17.5. The maximum absolute atomic E-state index is 11.5. The Bertz CT molecular complexity index is 773. The van der Waals surface area contributed by atoms with Gasteiger partial charge in [0.05, 0.1) is 7.11 Å². The molecule has 2 aromatic rings. The topological polar surface area (TPSA) is 78.1 Å².